The monoisotopic (exact) mass is 340 g/mol. The molecular formula is C17H13FN4O3. The number of amides is 2. The Hall–Kier alpha value is -3.55. The Morgan fingerprint density at radius 3 is 2.48 bits per heavy atom. The summed E-state index contributed by atoms with van der Waals surface area (Å²) in [6.07, 6.45) is 0. The first-order valence-corrected chi connectivity index (χ1v) is 7.29. The number of carbonyl (C=O) groups excluding carboxylic acids is 2. The predicted octanol–water partition coefficient (Wildman–Crippen LogP) is 4.46. The van der Waals surface area contributed by atoms with Crippen molar-refractivity contribution in [1.29, 1.82) is 0 Å². The molecule has 7 nitrogen and oxygen atoms in total. The molecule has 0 aliphatic carbocycles. The molecule has 0 atom stereocenters. The normalized spacial score (nSPS) is 11.1. The standard InChI is InChI=1S/C17H13FN4O3/c1-10(23)22-14-5-3-2-4-13(14)15(16(22)24)20-21-17(25)19-12-8-6-11(18)7-9-12/h2-9,24H,1H3,(H,19,25). The molecule has 0 spiro atoms. The molecule has 0 fully saturated rings. The molecule has 0 saturated carbocycles. The summed E-state index contributed by atoms with van der Waals surface area (Å²) in [7, 11) is 0. The summed E-state index contributed by atoms with van der Waals surface area (Å²) in [5.74, 6) is -1.22. The summed E-state index contributed by atoms with van der Waals surface area (Å²) in [4.78, 5) is 23.6. The smallest absolute Gasteiger partial charge is 0.364 e. The van der Waals surface area contributed by atoms with Crippen molar-refractivity contribution in [3.63, 3.8) is 0 Å². The second-order valence-corrected chi connectivity index (χ2v) is 5.18. The van der Waals surface area contributed by atoms with Gasteiger partial charge in [0.1, 0.15) is 5.82 Å². The number of benzene rings is 2. The Bertz CT molecular complexity index is 993. The van der Waals surface area contributed by atoms with E-state index in [9.17, 15) is 19.1 Å². The molecule has 0 aliphatic heterocycles. The molecule has 25 heavy (non-hydrogen) atoms. The number of urea groups is 1. The third-order valence-corrected chi connectivity index (χ3v) is 3.47. The van der Waals surface area contributed by atoms with Crippen LogP contribution in [0.15, 0.2) is 58.8 Å². The van der Waals surface area contributed by atoms with Gasteiger partial charge in [0.25, 0.3) is 0 Å². The largest absolute Gasteiger partial charge is 0.493 e. The van der Waals surface area contributed by atoms with Gasteiger partial charge in [-0.05, 0) is 30.3 Å². The van der Waals surface area contributed by atoms with Gasteiger partial charge >= 0.3 is 6.03 Å². The number of nitrogens with zero attached hydrogens (tertiary/aromatic N) is 3. The van der Waals surface area contributed by atoms with E-state index in [0.717, 1.165) is 4.57 Å². The van der Waals surface area contributed by atoms with E-state index in [2.05, 4.69) is 15.5 Å². The third kappa shape index (κ3) is 3.23. The Morgan fingerprint density at radius 2 is 1.80 bits per heavy atom. The van der Waals surface area contributed by atoms with Crippen LogP contribution in [0.4, 0.5) is 20.6 Å². The third-order valence-electron chi connectivity index (χ3n) is 3.47. The van der Waals surface area contributed by atoms with Gasteiger partial charge in [-0.15, -0.1) is 5.11 Å². The first-order valence-electron chi connectivity index (χ1n) is 7.29. The number of hydrogen-bond donors (Lipinski definition) is 2. The van der Waals surface area contributed by atoms with Gasteiger partial charge in [-0.25, -0.2) is 13.8 Å². The van der Waals surface area contributed by atoms with E-state index in [1.807, 2.05) is 0 Å². The van der Waals surface area contributed by atoms with Gasteiger partial charge in [-0.3, -0.25) is 4.79 Å². The first kappa shape index (κ1) is 16.3. The molecule has 2 N–H and O–H groups in total. The molecule has 0 unspecified atom stereocenters. The molecule has 126 valence electrons. The minimum atomic E-state index is -0.800. The topological polar surface area (TPSA) is 96.1 Å². The maximum Gasteiger partial charge on any atom is 0.364 e. The minimum absolute atomic E-state index is 0.0139. The van der Waals surface area contributed by atoms with Crippen LogP contribution < -0.4 is 5.32 Å². The first-order chi connectivity index (χ1) is 12.0. The Balaban J connectivity index is 1.91. The highest BCUT2D eigenvalue weighted by Crippen LogP contribution is 2.38. The maximum atomic E-state index is 12.8. The van der Waals surface area contributed by atoms with Gasteiger partial charge in [0.2, 0.25) is 11.8 Å². The summed E-state index contributed by atoms with van der Waals surface area (Å²) in [6.45, 7) is 1.30. The summed E-state index contributed by atoms with van der Waals surface area (Å²) in [5.41, 5.74) is 0.821. The van der Waals surface area contributed by atoms with Crippen molar-refractivity contribution >= 4 is 34.2 Å². The van der Waals surface area contributed by atoms with E-state index in [-0.39, 0.29) is 5.69 Å². The van der Waals surface area contributed by atoms with E-state index in [4.69, 9.17) is 0 Å². The summed E-state index contributed by atoms with van der Waals surface area (Å²) >= 11 is 0. The molecule has 2 aromatic carbocycles. The highest BCUT2D eigenvalue weighted by molar-refractivity contribution is 6.02. The number of aromatic hydroxyl groups is 1. The molecular weight excluding hydrogens is 327 g/mol. The van der Waals surface area contributed by atoms with Crippen LogP contribution in [0.25, 0.3) is 10.9 Å². The van der Waals surface area contributed by atoms with Crippen molar-refractivity contribution in [2.24, 2.45) is 10.2 Å². The number of anilines is 1. The van der Waals surface area contributed by atoms with Gasteiger partial charge in [0.15, 0.2) is 5.69 Å². The van der Waals surface area contributed by atoms with Crippen LogP contribution in [0.2, 0.25) is 0 Å². The second kappa shape index (κ2) is 6.52. The fourth-order valence-electron chi connectivity index (χ4n) is 2.40. The van der Waals surface area contributed by atoms with Crippen molar-refractivity contribution in [2.75, 3.05) is 5.32 Å². The van der Waals surface area contributed by atoms with Crippen molar-refractivity contribution < 1.29 is 19.1 Å². The summed E-state index contributed by atoms with van der Waals surface area (Å²) < 4.78 is 13.9. The van der Waals surface area contributed by atoms with Gasteiger partial charge in [0, 0.05) is 18.0 Å². The van der Waals surface area contributed by atoms with Gasteiger partial charge < -0.3 is 10.4 Å². The van der Waals surface area contributed by atoms with Crippen LogP contribution >= 0.6 is 0 Å². The molecule has 1 aromatic heterocycles. The lowest BCUT2D eigenvalue weighted by Gasteiger charge is -2.00. The Morgan fingerprint density at radius 1 is 1.12 bits per heavy atom. The zero-order chi connectivity index (χ0) is 18.0. The van der Waals surface area contributed by atoms with E-state index in [0.29, 0.717) is 16.6 Å². The zero-order valence-corrected chi connectivity index (χ0v) is 13.1. The average molecular weight is 340 g/mol. The number of para-hydroxylation sites is 1. The second-order valence-electron chi connectivity index (χ2n) is 5.18. The molecule has 2 amide bonds. The lowest BCUT2D eigenvalue weighted by Crippen LogP contribution is -2.05. The number of fused-ring (bicyclic) bond motifs is 1. The summed E-state index contributed by atoms with van der Waals surface area (Å²) in [5, 5.41) is 20.4. The molecule has 8 heteroatoms. The molecule has 1 heterocycles. The van der Waals surface area contributed by atoms with E-state index in [1.165, 1.54) is 31.2 Å². The molecule has 0 radical (unpaired) electrons. The summed E-state index contributed by atoms with van der Waals surface area (Å²) in [6, 6.07) is 11.1. The minimum Gasteiger partial charge on any atom is -0.493 e. The Kier molecular flexibility index (Phi) is 4.25. The number of carbonyl (C=O) groups is 2. The fraction of sp³-hybridized carbons (Fsp3) is 0.0588. The molecule has 0 saturated heterocycles. The SMILES string of the molecule is CC(=O)n1c(O)c(N=NC(=O)Nc2ccc(F)cc2)c2ccccc21. The molecule has 0 bridgehead atoms. The highest BCUT2D eigenvalue weighted by atomic mass is 19.1. The van der Waals surface area contributed by atoms with Gasteiger partial charge in [-0.2, -0.15) is 0 Å². The molecule has 3 rings (SSSR count). The number of halogens is 1. The van der Waals surface area contributed by atoms with Gasteiger partial charge in [0.05, 0.1) is 5.52 Å². The van der Waals surface area contributed by atoms with Crippen LogP contribution in [0.3, 0.4) is 0 Å². The lowest BCUT2D eigenvalue weighted by atomic mass is 10.2. The van der Waals surface area contributed by atoms with Crippen molar-refractivity contribution in [3.8, 4) is 5.88 Å². The zero-order valence-electron chi connectivity index (χ0n) is 13.1. The van der Waals surface area contributed by atoms with Crippen LogP contribution in [0.1, 0.15) is 11.7 Å². The highest BCUT2D eigenvalue weighted by Gasteiger charge is 2.18. The van der Waals surface area contributed by atoms with Crippen LogP contribution in [0, 0.1) is 5.82 Å². The predicted molar refractivity (Wildman–Crippen MR) is 89.8 cm³/mol. The van der Waals surface area contributed by atoms with Crippen molar-refractivity contribution in [2.45, 2.75) is 6.92 Å². The molecule has 3 aromatic rings. The van der Waals surface area contributed by atoms with Crippen LogP contribution in [-0.4, -0.2) is 21.6 Å². The van der Waals surface area contributed by atoms with Gasteiger partial charge in [-0.1, -0.05) is 23.3 Å². The quantitative estimate of drug-likeness (QED) is 0.674. The van der Waals surface area contributed by atoms with E-state index < -0.39 is 23.6 Å². The van der Waals surface area contributed by atoms with Crippen LogP contribution in [0.5, 0.6) is 5.88 Å². The Labute approximate surface area is 141 Å². The van der Waals surface area contributed by atoms with E-state index in [1.54, 1.807) is 24.3 Å². The number of rotatable bonds is 2. The van der Waals surface area contributed by atoms with Crippen molar-refractivity contribution in [1.82, 2.24) is 4.57 Å². The van der Waals surface area contributed by atoms with Crippen LogP contribution in [-0.2, 0) is 0 Å². The number of aromatic nitrogens is 1. The number of hydrogen-bond acceptors (Lipinski definition) is 4. The number of nitrogens with one attached hydrogen (secondary N) is 1. The maximum absolute atomic E-state index is 12.8. The van der Waals surface area contributed by atoms with Crippen molar-refractivity contribution in [3.05, 3.63) is 54.3 Å². The lowest BCUT2D eigenvalue weighted by molar-refractivity contribution is 0.0933. The van der Waals surface area contributed by atoms with E-state index >= 15 is 0 Å². The molecule has 0 aliphatic rings. The number of azo groups is 1. The average Bonchev–Trinajstić information content (AvgIpc) is 2.86. The fourth-order valence-corrected chi connectivity index (χ4v) is 2.40.